The summed E-state index contributed by atoms with van der Waals surface area (Å²) in [5.74, 6) is -0.868. The molecule has 0 saturated carbocycles. The summed E-state index contributed by atoms with van der Waals surface area (Å²) in [5, 5.41) is 9.41. The van der Waals surface area contributed by atoms with Gasteiger partial charge in [0.15, 0.2) is 4.96 Å². The fourth-order valence-electron chi connectivity index (χ4n) is 3.14. The van der Waals surface area contributed by atoms with E-state index in [2.05, 4.69) is 39.0 Å². The zero-order valence-corrected chi connectivity index (χ0v) is 14.6. The summed E-state index contributed by atoms with van der Waals surface area (Å²) in [7, 11) is 0. The maximum atomic E-state index is 11.5. The van der Waals surface area contributed by atoms with Crippen LogP contribution in [-0.4, -0.2) is 20.5 Å². The molecular weight excluding hydrogens is 308 g/mol. The summed E-state index contributed by atoms with van der Waals surface area (Å²) in [4.78, 5) is 17.4. The van der Waals surface area contributed by atoms with Crippen LogP contribution in [0.15, 0.2) is 18.2 Å². The lowest BCUT2D eigenvalue weighted by Crippen LogP contribution is -2.03. The maximum absolute atomic E-state index is 11.5. The van der Waals surface area contributed by atoms with E-state index in [4.69, 9.17) is 4.98 Å². The first-order valence-electron chi connectivity index (χ1n) is 7.81. The van der Waals surface area contributed by atoms with Crippen molar-refractivity contribution in [1.29, 1.82) is 0 Å². The first-order chi connectivity index (χ1) is 11.0. The molecule has 0 fully saturated rings. The highest BCUT2D eigenvalue weighted by molar-refractivity contribution is 7.19. The van der Waals surface area contributed by atoms with Crippen LogP contribution in [0.25, 0.3) is 16.2 Å². The van der Waals surface area contributed by atoms with Crippen LogP contribution in [-0.2, 0) is 12.8 Å². The number of hydrogen-bond acceptors (Lipinski definition) is 3. The molecule has 0 bridgehead atoms. The maximum Gasteiger partial charge on any atom is 0.347 e. The van der Waals surface area contributed by atoms with Crippen LogP contribution in [0.5, 0.6) is 0 Å². The number of aryl methyl sites for hydroxylation is 4. The van der Waals surface area contributed by atoms with Gasteiger partial charge < -0.3 is 5.11 Å². The van der Waals surface area contributed by atoms with E-state index >= 15 is 0 Å². The van der Waals surface area contributed by atoms with Crippen LogP contribution < -0.4 is 0 Å². The number of hydrogen-bond donors (Lipinski definition) is 1. The summed E-state index contributed by atoms with van der Waals surface area (Å²) in [6, 6.07) is 6.37. The predicted octanol–water partition coefficient (Wildman–Crippen LogP) is 4.50. The summed E-state index contributed by atoms with van der Waals surface area (Å²) in [5.41, 5.74) is 6.46. The number of nitrogens with zero attached hydrogens (tertiary/aromatic N) is 2. The Labute approximate surface area is 139 Å². The lowest BCUT2D eigenvalue weighted by Gasteiger charge is -2.08. The third kappa shape index (κ3) is 2.45. The van der Waals surface area contributed by atoms with E-state index in [9.17, 15) is 9.90 Å². The molecule has 4 nitrogen and oxygen atoms in total. The van der Waals surface area contributed by atoms with Crippen LogP contribution in [0, 0.1) is 13.8 Å². The fourth-order valence-corrected chi connectivity index (χ4v) is 4.21. The van der Waals surface area contributed by atoms with E-state index in [1.54, 1.807) is 0 Å². The fraction of sp³-hybridized carbons (Fsp3) is 0.333. The standard InChI is InChI=1S/C18H20N2O2S/c1-5-13-15(12-8-7-10(3)9-11(12)4)19-18-20(13)14(6-2)16(23-18)17(21)22/h7-9H,5-6H2,1-4H3,(H,21,22). The molecule has 0 radical (unpaired) electrons. The third-order valence-electron chi connectivity index (χ3n) is 4.17. The topological polar surface area (TPSA) is 54.6 Å². The average molecular weight is 328 g/mol. The molecule has 3 aromatic rings. The van der Waals surface area contributed by atoms with Crippen molar-refractivity contribution in [3.63, 3.8) is 0 Å². The Morgan fingerprint density at radius 3 is 2.48 bits per heavy atom. The minimum absolute atomic E-state index is 0.400. The van der Waals surface area contributed by atoms with Gasteiger partial charge in [0.05, 0.1) is 11.4 Å². The molecular formula is C18H20N2O2S. The molecule has 1 N–H and O–H groups in total. The van der Waals surface area contributed by atoms with Gasteiger partial charge in [-0.15, -0.1) is 0 Å². The van der Waals surface area contributed by atoms with Gasteiger partial charge >= 0.3 is 5.97 Å². The Bertz CT molecular complexity index is 906. The van der Waals surface area contributed by atoms with Crippen LogP contribution >= 0.6 is 11.3 Å². The number of imidazole rings is 1. The minimum atomic E-state index is -0.868. The molecule has 2 aromatic heterocycles. The second-order valence-electron chi connectivity index (χ2n) is 5.73. The SMILES string of the molecule is CCc1c(-c2ccc(C)cc2C)nc2sc(C(=O)O)c(CC)n12. The Hall–Kier alpha value is -2.14. The molecule has 23 heavy (non-hydrogen) atoms. The smallest absolute Gasteiger partial charge is 0.347 e. The summed E-state index contributed by atoms with van der Waals surface area (Å²) < 4.78 is 2.04. The quantitative estimate of drug-likeness (QED) is 0.767. The largest absolute Gasteiger partial charge is 0.477 e. The summed E-state index contributed by atoms with van der Waals surface area (Å²) in [6.45, 7) is 8.26. The van der Waals surface area contributed by atoms with Crippen LogP contribution in [0.3, 0.4) is 0 Å². The van der Waals surface area contributed by atoms with Crippen LogP contribution in [0.2, 0.25) is 0 Å². The van der Waals surface area contributed by atoms with Gasteiger partial charge in [-0.1, -0.05) is 48.9 Å². The van der Waals surface area contributed by atoms with E-state index in [0.29, 0.717) is 11.3 Å². The predicted molar refractivity (Wildman–Crippen MR) is 93.7 cm³/mol. The van der Waals surface area contributed by atoms with Gasteiger partial charge in [0, 0.05) is 11.3 Å². The second kappa shape index (κ2) is 5.81. The highest BCUT2D eigenvalue weighted by Crippen LogP contribution is 2.33. The number of carbonyl (C=O) groups is 1. The number of benzene rings is 1. The Morgan fingerprint density at radius 2 is 1.91 bits per heavy atom. The normalized spacial score (nSPS) is 11.3. The van der Waals surface area contributed by atoms with Gasteiger partial charge in [-0.3, -0.25) is 4.40 Å². The van der Waals surface area contributed by atoms with Crippen LogP contribution in [0.1, 0.15) is 46.0 Å². The third-order valence-corrected chi connectivity index (χ3v) is 5.24. The first-order valence-corrected chi connectivity index (χ1v) is 8.63. The number of rotatable bonds is 4. The monoisotopic (exact) mass is 328 g/mol. The zero-order valence-electron chi connectivity index (χ0n) is 13.8. The Kier molecular flexibility index (Phi) is 3.98. The summed E-state index contributed by atoms with van der Waals surface area (Å²) in [6.07, 6.45) is 1.49. The highest BCUT2D eigenvalue weighted by atomic mass is 32.1. The van der Waals surface area contributed by atoms with E-state index in [0.717, 1.165) is 34.0 Å². The second-order valence-corrected chi connectivity index (χ2v) is 6.71. The van der Waals surface area contributed by atoms with E-state index in [1.165, 1.54) is 22.5 Å². The number of fused-ring (bicyclic) bond motifs is 1. The molecule has 0 aliphatic heterocycles. The van der Waals surface area contributed by atoms with Crippen molar-refractivity contribution in [2.75, 3.05) is 0 Å². The van der Waals surface area contributed by atoms with Gasteiger partial charge in [-0.25, -0.2) is 9.78 Å². The minimum Gasteiger partial charge on any atom is -0.477 e. The van der Waals surface area contributed by atoms with Crippen molar-refractivity contribution >= 4 is 22.3 Å². The van der Waals surface area contributed by atoms with E-state index in [-0.39, 0.29) is 0 Å². The van der Waals surface area contributed by atoms with Crippen molar-refractivity contribution in [2.24, 2.45) is 0 Å². The number of thiazole rings is 1. The zero-order chi connectivity index (χ0) is 16.7. The van der Waals surface area contributed by atoms with Crippen molar-refractivity contribution in [2.45, 2.75) is 40.5 Å². The molecule has 0 unspecified atom stereocenters. The number of carboxylic acid groups (broad SMARTS) is 1. The molecule has 0 aliphatic carbocycles. The molecule has 5 heteroatoms. The first kappa shape index (κ1) is 15.7. The average Bonchev–Trinajstić information content (AvgIpc) is 3.02. The molecule has 120 valence electrons. The van der Waals surface area contributed by atoms with Crippen molar-refractivity contribution in [3.8, 4) is 11.3 Å². The Balaban J connectivity index is 2.31. The molecule has 0 spiro atoms. The van der Waals surface area contributed by atoms with Gasteiger partial charge in [0.2, 0.25) is 0 Å². The van der Waals surface area contributed by atoms with Crippen molar-refractivity contribution in [1.82, 2.24) is 9.38 Å². The van der Waals surface area contributed by atoms with Crippen molar-refractivity contribution < 1.29 is 9.90 Å². The number of carboxylic acids is 1. The van der Waals surface area contributed by atoms with Gasteiger partial charge in [-0.05, 0) is 32.3 Å². The molecule has 0 saturated heterocycles. The lowest BCUT2D eigenvalue weighted by molar-refractivity contribution is 0.0700. The molecule has 2 heterocycles. The molecule has 0 atom stereocenters. The van der Waals surface area contributed by atoms with Gasteiger partial charge in [0.25, 0.3) is 0 Å². The molecule has 1 aromatic carbocycles. The molecule has 0 amide bonds. The number of aromatic carboxylic acids is 1. The summed E-state index contributed by atoms with van der Waals surface area (Å²) >= 11 is 1.26. The van der Waals surface area contributed by atoms with Crippen molar-refractivity contribution in [3.05, 3.63) is 45.6 Å². The highest BCUT2D eigenvalue weighted by Gasteiger charge is 2.23. The van der Waals surface area contributed by atoms with E-state index < -0.39 is 5.97 Å². The molecule has 3 rings (SSSR count). The lowest BCUT2D eigenvalue weighted by atomic mass is 10.0. The molecule has 0 aliphatic rings. The van der Waals surface area contributed by atoms with E-state index in [1.807, 2.05) is 11.3 Å². The van der Waals surface area contributed by atoms with Gasteiger partial charge in [-0.2, -0.15) is 0 Å². The Morgan fingerprint density at radius 1 is 1.22 bits per heavy atom. The number of aromatic nitrogens is 2. The van der Waals surface area contributed by atoms with Crippen LogP contribution in [0.4, 0.5) is 0 Å². The van der Waals surface area contributed by atoms with Gasteiger partial charge in [0.1, 0.15) is 4.88 Å².